The van der Waals surface area contributed by atoms with E-state index in [1.165, 1.54) is 6.92 Å². The minimum Gasteiger partial charge on any atom is -0.411 e. The zero-order chi connectivity index (χ0) is 31.6. The molecule has 2 aromatic rings. The molecule has 0 spiro atoms. The maximum absolute atomic E-state index is 14.2. The van der Waals surface area contributed by atoms with Crippen LogP contribution in [-0.2, 0) is 9.59 Å². The molecule has 5 aliphatic rings. The van der Waals surface area contributed by atoms with Crippen LogP contribution in [0.1, 0.15) is 88.3 Å². The highest BCUT2D eigenvalue weighted by molar-refractivity contribution is 6.65. The molecule has 5 fully saturated rings. The van der Waals surface area contributed by atoms with Gasteiger partial charge in [0.05, 0.1) is 28.7 Å². The number of aromatic amines is 1. The second-order valence-electron chi connectivity index (χ2n) is 13.0. The van der Waals surface area contributed by atoms with Crippen LogP contribution in [0.25, 0.3) is 11.2 Å². The number of rotatable bonds is 8. The molecule has 3 heterocycles. The summed E-state index contributed by atoms with van der Waals surface area (Å²) in [6.45, 7) is 1.38. The Morgan fingerprint density at radius 2 is 1.80 bits per heavy atom. The van der Waals surface area contributed by atoms with Crippen molar-refractivity contribution < 1.29 is 36.7 Å². The lowest BCUT2D eigenvalue weighted by Gasteiger charge is -2.65. The molecule has 3 atom stereocenters. The lowest BCUT2D eigenvalue weighted by molar-refractivity contribution is -0.225. The number of halogens is 5. The number of H-pyrrole nitrogens is 1. The minimum atomic E-state index is -2.83. The van der Waals surface area contributed by atoms with Gasteiger partial charge in [0.15, 0.2) is 5.65 Å². The van der Waals surface area contributed by atoms with Crippen LogP contribution in [0.3, 0.4) is 0 Å². The van der Waals surface area contributed by atoms with Gasteiger partial charge in [-0.3, -0.25) is 15.0 Å². The van der Waals surface area contributed by atoms with Gasteiger partial charge in [-0.15, -0.1) is 0 Å². The van der Waals surface area contributed by atoms with Crippen molar-refractivity contribution in [3.05, 3.63) is 23.7 Å². The summed E-state index contributed by atoms with van der Waals surface area (Å²) in [5.41, 5.74) is -1.94. The van der Waals surface area contributed by atoms with Gasteiger partial charge in [0.2, 0.25) is 18.3 Å². The lowest BCUT2D eigenvalue weighted by Crippen LogP contribution is -2.70. The number of hydrogen-bond acceptors (Lipinski definition) is 7. The van der Waals surface area contributed by atoms with Gasteiger partial charge in [0.25, 0.3) is 5.91 Å². The summed E-state index contributed by atoms with van der Waals surface area (Å²) < 4.78 is 69.8. The number of hydrogen-bond donors (Lipinski definition) is 4. The topological polar surface area (TPSA) is 147 Å². The van der Waals surface area contributed by atoms with E-state index < -0.39 is 59.0 Å². The second-order valence-corrected chi connectivity index (χ2v) is 13.0. The van der Waals surface area contributed by atoms with Gasteiger partial charge in [-0.05, 0) is 69.9 Å². The number of imidazole rings is 1. The zero-order valence-corrected chi connectivity index (χ0v) is 24.1. The Kier molecular flexibility index (Phi) is 7.43. The molecule has 1 aliphatic heterocycles. The largest absolute Gasteiger partial charge is 0.411 e. The first-order valence-electron chi connectivity index (χ1n) is 14.8. The first-order valence-corrected chi connectivity index (χ1v) is 14.8. The summed E-state index contributed by atoms with van der Waals surface area (Å²) in [6, 6.07) is 1.59. The van der Waals surface area contributed by atoms with Crippen LogP contribution in [0.2, 0.25) is 0 Å². The fraction of sp³-hybridized carbons (Fsp3) is 0.655. The molecule has 238 valence electrons. The molecular formula is C29H34F5N7O3. The molecule has 7 rings (SSSR count). The van der Waals surface area contributed by atoms with E-state index in [2.05, 4.69) is 25.4 Å². The number of piperidine rings is 1. The summed E-state index contributed by atoms with van der Waals surface area (Å²) in [5, 5.41) is 22.5. The Balaban J connectivity index is 1.30. The number of oxime groups is 1. The van der Waals surface area contributed by atoms with Crippen LogP contribution < -0.4 is 5.32 Å². The van der Waals surface area contributed by atoms with E-state index >= 15 is 0 Å². The Labute approximate surface area is 249 Å². The molecule has 4 N–H and O–H groups in total. The highest BCUT2D eigenvalue weighted by Crippen LogP contribution is 2.70. The van der Waals surface area contributed by atoms with Gasteiger partial charge in [0.1, 0.15) is 22.9 Å². The van der Waals surface area contributed by atoms with Crippen molar-refractivity contribution in [1.82, 2.24) is 25.2 Å². The zero-order valence-electron chi connectivity index (χ0n) is 24.1. The van der Waals surface area contributed by atoms with Gasteiger partial charge < -0.3 is 20.4 Å². The van der Waals surface area contributed by atoms with Gasteiger partial charge in [-0.2, -0.15) is 0 Å². The molecule has 44 heavy (non-hydrogen) atoms. The highest BCUT2D eigenvalue weighted by atomic mass is 19.3. The molecule has 2 aromatic heterocycles. The first kappa shape index (κ1) is 30.4. The van der Waals surface area contributed by atoms with Gasteiger partial charge in [-0.25, -0.2) is 31.9 Å². The van der Waals surface area contributed by atoms with Crippen LogP contribution in [0, 0.1) is 22.7 Å². The average Bonchev–Trinajstić information content (AvgIpc) is 3.39. The number of alkyl halides is 5. The molecular weight excluding hydrogens is 589 g/mol. The molecule has 10 nitrogen and oxygen atoms in total. The maximum atomic E-state index is 14.2. The Bertz CT molecular complexity index is 1500. The Morgan fingerprint density at radius 3 is 2.41 bits per heavy atom. The molecule has 0 aromatic carbocycles. The number of carbonyl (C=O) groups is 2. The third-order valence-electron chi connectivity index (χ3n) is 9.96. The van der Waals surface area contributed by atoms with Crippen LogP contribution in [-0.4, -0.2) is 72.9 Å². The number of nitrogens with one attached hydrogen (secondary N) is 3. The van der Waals surface area contributed by atoms with E-state index in [0.717, 1.165) is 0 Å². The smallest absolute Gasteiger partial charge is 0.271 e. The molecule has 1 saturated heterocycles. The van der Waals surface area contributed by atoms with E-state index in [-0.39, 0.29) is 87.4 Å². The molecule has 2 bridgehead atoms. The van der Waals surface area contributed by atoms with Gasteiger partial charge in [0, 0.05) is 25.3 Å². The SMILES string of the molecule is C/C(=N/O)C(=N)C(=O)N[C@H](c1nc2nc(C3CC(C(F)F)CCN3C(=O)C34CC(F)(C3)C4)ccc2[nH]1)C1CCC(F)(F)CC1. The number of nitrogens with zero attached hydrogens (tertiary/aromatic N) is 4. The summed E-state index contributed by atoms with van der Waals surface area (Å²) in [5.74, 6) is -5.13. The number of aromatic nitrogens is 3. The fourth-order valence-corrected chi connectivity index (χ4v) is 7.43. The lowest BCUT2D eigenvalue weighted by atomic mass is 9.41. The number of amides is 2. The predicted octanol–water partition coefficient (Wildman–Crippen LogP) is 5.25. The van der Waals surface area contributed by atoms with E-state index in [1.54, 1.807) is 17.0 Å². The summed E-state index contributed by atoms with van der Waals surface area (Å²) in [4.78, 5) is 40.2. The van der Waals surface area contributed by atoms with Crippen molar-refractivity contribution in [3.63, 3.8) is 0 Å². The fourth-order valence-electron chi connectivity index (χ4n) is 7.43. The van der Waals surface area contributed by atoms with Crippen LogP contribution in [0.5, 0.6) is 0 Å². The first-order chi connectivity index (χ1) is 20.7. The van der Waals surface area contributed by atoms with Gasteiger partial charge in [-0.1, -0.05) is 5.16 Å². The quantitative estimate of drug-likeness (QED) is 0.137. The molecule has 4 aliphatic carbocycles. The van der Waals surface area contributed by atoms with E-state index in [9.17, 15) is 31.5 Å². The summed E-state index contributed by atoms with van der Waals surface area (Å²) in [6.07, 6.45) is -2.64. The van der Waals surface area contributed by atoms with Crippen molar-refractivity contribution >= 4 is 34.4 Å². The van der Waals surface area contributed by atoms with Crippen molar-refractivity contribution in [2.45, 2.75) is 94.8 Å². The number of carbonyl (C=O) groups excluding carboxylic acids is 2. The standard InChI is InChI=1S/C29H34F5N7O3/c1-14(40-44)20(35)25(42)38-21(15-4-7-29(33,34)8-5-15)24-37-18-3-2-17(36-23(18)39-24)19-10-16(22(30)31)6-9-41(19)26(43)27-11-28(32,12-27)13-27/h2-3,15-16,19,21-22,35,44H,4-13H2,1H3,(H,38,42)(H,36,37,39)/b35-20?,40-14-/t16?,19?,21-,27?,28?/m0/s1. The van der Waals surface area contributed by atoms with Crippen molar-refractivity contribution in [2.75, 3.05) is 6.54 Å². The van der Waals surface area contributed by atoms with Gasteiger partial charge >= 0.3 is 0 Å². The number of likely N-dealkylation sites (tertiary alicyclic amines) is 1. The molecule has 2 unspecified atom stereocenters. The minimum absolute atomic E-state index is 0.0150. The maximum Gasteiger partial charge on any atom is 0.271 e. The van der Waals surface area contributed by atoms with Crippen molar-refractivity contribution in [1.29, 1.82) is 5.41 Å². The Morgan fingerprint density at radius 1 is 1.11 bits per heavy atom. The Hall–Kier alpha value is -3.65. The second kappa shape index (κ2) is 10.8. The summed E-state index contributed by atoms with van der Waals surface area (Å²) >= 11 is 0. The molecule has 4 saturated carbocycles. The molecule has 15 heteroatoms. The van der Waals surface area contributed by atoms with E-state index in [0.29, 0.717) is 11.2 Å². The average molecular weight is 624 g/mol. The normalized spacial score (nSPS) is 30.9. The van der Waals surface area contributed by atoms with Crippen LogP contribution in [0.4, 0.5) is 22.0 Å². The van der Waals surface area contributed by atoms with E-state index in [1.807, 2.05) is 0 Å². The number of pyridine rings is 1. The third-order valence-corrected chi connectivity index (χ3v) is 9.96. The van der Waals surface area contributed by atoms with Crippen LogP contribution >= 0.6 is 0 Å². The highest BCUT2D eigenvalue weighted by Gasteiger charge is 2.73. The summed E-state index contributed by atoms with van der Waals surface area (Å²) in [7, 11) is 0. The van der Waals surface area contributed by atoms with Crippen molar-refractivity contribution in [3.8, 4) is 0 Å². The third kappa shape index (κ3) is 5.31. The van der Waals surface area contributed by atoms with E-state index in [4.69, 9.17) is 10.6 Å². The number of fused-ring (bicyclic) bond motifs is 1. The molecule has 2 amide bonds. The molecule has 0 radical (unpaired) electrons. The van der Waals surface area contributed by atoms with Crippen molar-refractivity contribution in [2.24, 2.45) is 22.4 Å². The van der Waals surface area contributed by atoms with Crippen LogP contribution in [0.15, 0.2) is 17.3 Å². The monoisotopic (exact) mass is 623 g/mol. The predicted molar refractivity (Wildman–Crippen MR) is 148 cm³/mol.